The number of para-hydroxylation sites is 1. The number of halogens is 2. The van der Waals surface area contributed by atoms with Gasteiger partial charge in [-0.3, -0.25) is 0 Å². The quantitative estimate of drug-likeness (QED) is 0.529. The van der Waals surface area contributed by atoms with E-state index in [-0.39, 0.29) is 5.60 Å². The van der Waals surface area contributed by atoms with Crippen LogP contribution in [0.15, 0.2) is 18.2 Å². The number of fused-ring (bicyclic) bond motifs is 1. The molecule has 0 amide bonds. The minimum absolute atomic E-state index is 0.182. The van der Waals surface area contributed by atoms with Crippen LogP contribution < -0.4 is 4.74 Å². The average Bonchev–Trinajstić information content (AvgIpc) is 2.75. The molecule has 21 heavy (non-hydrogen) atoms. The van der Waals surface area contributed by atoms with Gasteiger partial charge in [0.2, 0.25) is 0 Å². The Morgan fingerprint density at radius 2 is 2.10 bits per heavy atom. The fourth-order valence-electron chi connectivity index (χ4n) is 2.61. The molecule has 0 atom stereocenters. The number of hydrogen-bond acceptors (Lipinski definition) is 3. The van der Waals surface area contributed by atoms with Crippen LogP contribution in [0.3, 0.4) is 0 Å². The standard InChI is InChI=1S/C16H16ClIN2O/c1-4-11-12(18)14(17)20-15(19-11)10-7-5-6-9-8-16(2,3)21-13(9)10/h5-7H,4,8H2,1-3H3. The normalized spacial score (nSPS) is 15.7. The summed E-state index contributed by atoms with van der Waals surface area (Å²) in [5.41, 5.74) is 2.92. The summed E-state index contributed by atoms with van der Waals surface area (Å²) in [6, 6.07) is 6.13. The van der Waals surface area contributed by atoms with Crippen molar-refractivity contribution in [1.29, 1.82) is 0 Å². The maximum absolute atomic E-state index is 6.26. The summed E-state index contributed by atoms with van der Waals surface area (Å²) in [6.45, 7) is 6.26. The number of aryl methyl sites for hydroxylation is 1. The molecular weight excluding hydrogens is 399 g/mol. The Labute approximate surface area is 143 Å². The Balaban J connectivity index is 2.16. The lowest BCUT2D eigenvalue weighted by Crippen LogP contribution is -2.24. The lowest BCUT2D eigenvalue weighted by molar-refractivity contribution is 0.139. The third-order valence-corrected chi connectivity index (χ3v) is 5.27. The van der Waals surface area contributed by atoms with Crippen LogP contribution in [0.4, 0.5) is 0 Å². The van der Waals surface area contributed by atoms with Crippen molar-refractivity contribution >= 4 is 34.2 Å². The lowest BCUT2D eigenvalue weighted by atomic mass is 10.0. The maximum Gasteiger partial charge on any atom is 0.164 e. The average molecular weight is 415 g/mol. The molecule has 0 fully saturated rings. The highest BCUT2D eigenvalue weighted by atomic mass is 127. The second kappa shape index (κ2) is 5.39. The Kier molecular flexibility index (Phi) is 3.86. The molecule has 1 aromatic heterocycles. The van der Waals surface area contributed by atoms with Crippen LogP contribution in [0, 0.1) is 3.57 Å². The topological polar surface area (TPSA) is 35.0 Å². The molecule has 0 unspecified atom stereocenters. The molecule has 0 bridgehead atoms. The molecule has 0 radical (unpaired) electrons. The van der Waals surface area contributed by atoms with Crippen molar-refractivity contribution in [3.63, 3.8) is 0 Å². The molecule has 5 heteroatoms. The van der Waals surface area contributed by atoms with Crippen LogP contribution in [0.1, 0.15) is 32.0 Å². The Morgan fingerprint density at radius 1 is 1.33 bits per heavy atom. The summed E-state index contributed by atoms with van der Waals surface area (Å²) < 4.78 is 7.02. The summed E-state index contributed by atoms with van der Waals surface area (Å²) in [5.74, 6) is 1.54. The van der Waals surface area contributed by atoms with E-state index in [4.69, 9.17) is 16.3 Å². The van der Waals surface area contributed by atoms with E-state index in [0.29, 0.717) is 11.0 Å². The van der Waals surface area contributed by atoms with Crippen LogP contribution in [0.5, 0.6) is 5.75 Å². The van der Waals surface area contributed by atoms with Crippen molar-refractivity contribution in [1.82, 2.24) is 9.97 Å². The minimum atomic E-state index is -0.182. The highest BCUT2D eigenvalue weighted by Crippen LogP contribution is 2.41. The van der Waals surface area contributed by atoms with Crippen LogP contribution in [0.2, 0.25) is 5.15 Å². The molecule has 1 aliphatic heterocycles. The van der Waals surface area contributed by atoms with E-state index in [0.717, 1.165) is 33.4 Å². The first kappa shape index (κ1) is 15.0. The zero-order valence-corrected chi connectivity index (χ0v) is 15.1. The molecule has 3 nitrogen and oxygen atoms in total. The summed E-state index contributed by atoms with van der Waals surface area (Å²) in [6.07, 6.45) is 1.73. The smallest absolute Gasteiger partial charge is 0.164 e. The van der Waals surface area contributed by atoms with E-state index in [1.807, 2.05) is 12.1 Å². The van der Waals surface area contributed by atoms with Gasteiger partial charge in [0, 0.05) is 6.42 Å². The number of rotatable bonds is 2. The Hall–Kier alpha value is -0.880. The molecule has 2 aromatic rings. The van der Waals surface area contributed by atoms with Crippen molar-refractivity contribution in [3.8, 4) is 17.1 Å². The van der Waals surface area contributed by atoms with Gasteiger partial charge in [0.05, 0.1) is 14.8 Å². The first-order valence-corrected chi connectivity index (χ1v) is 8.40. The highest BCUT2D eigenvalue weighted by Gasteiger charge is 2.32. The molecule has 0 spiro atoms. The van der Waals surface area contributed by atoms with Gasteiger partial charge in [-0.1, -0.05) is 30.7 Å². The lowest BCUT2D eigenvalue weighted by Gasteiger charge is -2.18. The van der Waals surface area contributed by atoms with E-state index in [9.17, 15) is 0 Å². The summed E-state index contributed by atoms with van der Waals surface area (Å²) >= 11 is 8.45. The van der Waals surface area contributed by atoms with Gasteiger partial charge >= 0.3 is 0 Å². The molecule has 0 aliphatic carbocycles. The predicted molar refractivity (Wildman–Crippen MR) is 93.0 cm³/mol. The highest BCUT2D eigenvalue weighted by molar-refractivity contribution is 14.1. The summed E-state index contributed by atoms with van der Waals surface area (Å²) in [5, 5.41) is 0.507. The minimum Gasteiger partial charge on any atom is -0.486 e. The van der Waals surface area contributed by atoms with Crippen molar-refractivity contribution < 1.29 is 4.74 Å². The largest absolute Gasteiger partial charge is 0.486 e. The molecular formula is C16H16ClIN2O. The van der Waals surface area contributed by atoms with Crippen molar-refractivity contribution in [2.75, 3.05) is 0 Å². The van der Waals surface area contributed by atoms with Gasteiger partial charge in [-0.25, -0.2) is 9.97 Å². The second-order valence-corrected chi connectivity index (χ2v) is 7.22. The van der Waals surface area contributed by atoms with Crippen LogP contribution in [0.25, 0.3) is 11.4 Å². The molecule has 2 heterocycles. The van der Waals surface area contributed by atoms with Gasteiger partial charge in [-0.05, 0) is 54.5 Å². The fourth-order valence-corrected chi connectivity index (χ4v) is 3.42. The third-order valence-electron chi connectivity index (χ3n) is 3.55. The van der Waals surface area contributed by atoms with E-state index in [2.05, 4.69) is 59.4 Å². The maximum atomic E-state index is 6.26. The Bertz CT molecular complexity index is 716. The van der Waals surface area contributed by atoms with Gasteiger partial charge in [0.15, 0.2) is 5.82 Å². The molecule has 1 aliphatic rings. The van der Waals surface area contributed by atoms with Gasteiger partial charge in [-0.2, -0.15) is 0 Å². The number of nitrogens with zero attached hydrogens (tertiary/aromatic N) is 2. The SMILES string of the molecule is CCc1nc(-c2cccc3c2OC(C)(C)C3)nc(Cl)c1I. The van der Waals surface area contributed by atoms with Gasteiger partial charge in [0.25, 0.3) is 0 Å². The van der Waals surface area contributed by atoms with Gasteiger partial charge < -0.3 is 4.74 Å². The van der Waals surface area contributed by atoms with Crippen molar-refractivity contribution in [2.45, 2.75) is 39.2 Å². The Morgan fingerprint density at radius 3 is 2.81 bits per heavy atom. The molecule has 110 valence electrons. The zero-order chi connectivity index (χ0) is 15.2. The first-order valence-electron chi connectivity index (χ1n) is 6.94. The van der Waals surface area contributed by atoms with E-state index in [1.165, 1.54) is 5.56 Å². The molecule has 0 N–H and O–H groups in total. The number of aromatic nitrogens is 2. The van der Waals surface area contributed by atoms with Gasteiger partial charge in [-0.15, -0.1) is 0 Å². The van der Waals surface area contributed by atoms with E-state index in [1.54, 1.807) is 0 Å². The fraction of sp³-hybridized carbons (Fsp3) is 0.375. The third kappa shape index (κ3) is 2.75. The predicted octanol–water partition coefficient (Wildman–Crippen LogP) is 4.68. The van der Waals surface area contributed by atoms with E-state index >= 15 is 0 Å². The summed E-state index contributed by atoms with van der Waals surface area (Å²) in [7, 11) is 0. The van der Waals surface area contributed by atoms with Crippen molar-refractivity contribution in [3.05, 3.63) is 38.2 Å². The van der Waals surface area contributed by atoms with Crippen LogP contribution >= 0.6 is 34.2 Å². The first-order chi connectivity index (χ1) is 9.91. The van der Waals surface area contributed by atoms with Gasteiger partial charge in [0.1, 0.15) is 16.5 Å². The van der Waals surface area contributed by atoms with Crippen molar-refractivity contribution in [2.24, 2.45) is 0 Å². The molecule has 0 saturated heterocycles. The number of hydrogen-bond donors (Lipinski definition) is 0. The second-order valence-electron chi connectivity index (χ2n) is 5.78. The summed E-state index contributed by atoms with van der Waals surface area (Å²) in [4.78, 5) is 9.11. The monoisotopic (exact) mass is 414 g/mol. The number of benzene rings is 1. The van der Waals surface area contributed by atoms with E-state index < -0.39 is 0 Å². The number of ether oxygens (including phenoxy) is 1. The van der Waals surface area contributed by atoms with Crippen LogP contribution in [-0.4, -0.2) is 15.6 Å². The molecule has 0 saturated carbocycles. The molecule has 1 aromatic carbocycles. The van der Waals surface area contributed by atoms with Crippen LogP contribution in [-0.2, 0) is 12.8 Å². The zero-order valence-electron chi connectivity index (χ0n) is 12.2. The molecule has 3 rings (SSSR count).